The Morgan fingerprint density at radius 3 is 1.77 bits per heavy atom. The maximum Gasteiger partial charge on any atom is 0.472 e. The molecular formula is C42H80N2O7P+. The average Bonchev–Trinajstić information content (AvgIpc) is 3.08. The smallest absolute Gasteiger partial charge is 0.387 e. The molecule has 0 spiro atoms. The molecule has 0 saturated heterocycles. The van der Waals surface area contributed by atoms with E-state index in [1.165, 1.54) is 64.2 Å². The SMILES string of the molecule is CCCCCCCCCCCCCC/C=C/[C@@H](O)[C@H](COP(=O)(O)OCC[N+](C)(C)C)NC(=O)CCCCCCC/C=C\C=C\C(=O)CCCCC. The van der Waals surface area contributed by atoms with Crippen LogP contribution in [0.5, 0.6) is 0 Å². The summed E-state index contributed by atoms with van der Waals surface area (Å²) in [5.74, 6) is -0.0369. The van der Waals surface area contributed by atoms with Crippen LogP contribution in [0.25, 0.3) is 0 Å². The van der Waals surface area contributed by atoms with Crippen molar-refractivity contribution < 1.29 is 37.7 Å². The number of hydrogen-bond donors (Lipinski definition) is 3. The van der Waals surface area contributed by atoms with Gasteiger partial charge in [0.25, 0.3) is 0 Å². The second-order valence-corrected chi connectivity index (χ2v) is 16.9. The molecule has 0 rings (SSSR count). The molecule has 0 radical (unpaired) electrons. The second-order valence-electron chi connectivity index (χ2n) is 15.4. The molecule has 0 saturated carbocycles. The quantitative estimate of drug-likeness (QED) is 0.0144. The highest BCUT2D eigenvalue weighted by Gasteiger charge is 2.27. The lowest BCUT2D eigenvalue weighted by Gasteiger charge is -2.25. The maximum absolute atomic E-state index is 12.8. The van der Waals surface area contributed by atoms with Gasteiger partial charge in [-0.3, -0.25) is 18.6 Å². The van der Waals surface area contributed by atoms with E-state index in [9.17, 15) is 24.2 Å². The van der Waals surface area contributed by atoms with Crippen LogP contribution < -0.4 is 5.32 Å². The van der Waals surface area contributed by atoms with Crippen LogP contribution in [0.1, 0.15) is 168 Å². The number of aliphatic hydroxyl groups is 1. The molecular weight excluding hydrogens is 675 g/mol. The van der Waals surface area contributed by atoms with Gasteiger partial charge in [-0.25, -0.2) is 4.57 Å². The zero-order valence-electron chi connectivity index (χ0n) is 34.0. The Morgan fingerprint density at radius 2 is 1.19 bits per heavy atom. The number of phosphoric acid groups is 1. The van der Waals surface area contributed by atoms with E-state index in [0.29, 0.717) is 23.9 Å². The topological polar surface area (TPSA) is 122 Å². The summed E-state index contributed by atoms with van der Waals surface area (Å²) in [5.41, 5.74) is 0. The average molecular weight is 756 g/mol. The highest BCUT2D eigenvalue weighted by atomic mass is 31.2. The Balaban J connectivity index is 4.56. The lowest BCUT2D eigenvalue weighted by atomic mass is 10.0. The van der Waals surface area contributed by atoms with Gasteiger partial charge < -0.3 is 19.8 Å². The molecule has 304 valence electrons. The molecule has 0 aromatic rings. The molecule has 0 heterocycles. The lowest BCUT2D eigenvalue weighted by Crippen LogP contribution is -2.45. The zero-order valence-corrected chi connectivity index (χ0v) is 34.9. The number of aliphatic hydroxyl groups excluding tert-OH is 1. The van der Waals surface area contributed by atoms with E-state index >= 15 is 0 Å². The normalized spacial score (nSPS) is 14.8. The number of rotatable bonds is 37. The van der Waals surface area contributed by atoms with Gasteiger partial charge in [-0.05, 0) is 44.6 Å². The molecule has 9 nitrogen and oxygen atoms in total. The fourth-order valence-electron chi connectivity index (χ4n) is 5.67. The third-order valence-electron chi connectivity index (χ3n) is 9.08. The van der Waals surface area contributed by atoms with Crippen LogP contribution in [0.4, 0.5) is 0 Å². The Kier molecular flexibility index (Phi) is 32.9. The molecule has 1 unspecified atom stereocenters. The van der Waals surface area contributed by atoms with Crippen molar-refractivity contribution in [3.63, 3.8) is 0 Å². The summed E-state index contributed by atoms with van der Waals surface area (Å²) < 4.78 is 23.5. The minimum Gasteiger partial charge on any atom is -0.387 e. The molecule has 52 heavy (non-hydrogen) atoms. The van der Waals surface area contributed by atoms with Crippen molar-refractivity contribution in [1.29, 1.82) is 0 Å². The van der Waals surface area contributed by atoms with Gasteiger partial charge in [0.15, 0.2) is 5.78 Å². The van der Waals surface area contributed by atoms with Gasteiger partial charge in [-0.1, -0.05) is 147 Å². The van der Waals surface area contributed by atoms with Gasteiger partial charge in [0.1, 0.15) is 13.2 Å². The number of hydrogen-bond acceptors (Lipinski definition) is 6. The van der Waals surface area contributed by atoms with Crippen molar-refractivity contribution in [1.82, 2.24) is 5.32 Å². The molecule has 0 aromatic carbocycles. The summed E-state index contributed by atoms with van der Waals surface area (Å²) in [4.78, 5) is 34.8. The van der Waals surface area contributed by atoms with Crippen LogP contribution in [0.15, 0.2) is 36.5 Å². The molecule has 10 heteroatoms. The number of likely N-dealkylation sites (N-methyl/N-ethyl adjacent to an activating group) is 1. The number of nitrogens with one attached hydrogen (secondary N) is 1. The summed E-state index contributed by atoms with van der Waals surface area (Å²) in [6.07, 6.45) is 36.1. The third kappa shape index (κ3) is 35.4. The van der Waals surface area contributed by atoms with E-state index in [0.717, 1.165) is 77.0 Å². The van der Waals surface area contributed by atoms with Crippen molar-refractivity contribution >= 4 is 19.5 Å². The van der Waals surface area contributed by atoms with E-state index in [2.05, 4.69) is 25.2 Å². The van der Waals surface area contributed by atoms with Crippen LogP contribution in [0.2, 0.25) is 0 Å². The minimum absolute atomic E-state index is 0.0450. The van der Waals surface area contributed by atoms with Gasteiger partial charge in [0.2, 0.25) is 5.91 Å². The minimum atomic E-state index is -4.35. The van der Waals surface area contributed by atoms with Crippen LogP contribution >= 0.6 is 7.82 Å². The van der Waals surface area contributed by atoms with Crippen LogP contribution in [0.3, 0.4) is 0 Å². The molecule has 0 aromatic heterocycles. The monoisotopic (exact) mass is 756 g/mol. The summed E-state index contributed by atoms with van der Waals surface area (Å²) in [5, 5.41) is 13.7. The number of unbranched alkanes of at least 4 members (excludes halogenated alkanes) is 19. The number of nitrogens with zero attached hydrogens (tertiary/aromatic N) is 1. The first-order valence-electron chi connectivity index (χ1n) is 20.8. The number of ketones is 1. The van der Waals surface area contributed by atoms with Crippen molar-refractivity contribution in [2.45, 2.75) is 180 Å². The Bertz CT molecular complexity index is 1010. The molecule has 0 aliphatic rings. The van der Waals surface area contributed by atoms with Crippen LogP contribution in [-0.2, 0) is 23.2 Å². The predicted molar refractivity (Wildman–Crippen MR) is 217 cm³/mol. The van der Waals surface area contributed by atoms with Crippen LogP contribution in [-0.4, -0.2) is 79.2 Å². The van der Waals surface area contributed by atoms with E-state index in [1.807, 2.05) is 39.4 Å². The predicted octanol–water partition coefficient (Wildman–Crippen LogP) is 10.3. The Labute approximate surface area is 319 Å². The molecule has 3 atom stereocenters. The van der Waals surface area contributed by atoms with Crippen LogP contribution in [0, 0.1) is 0 Å². The van der Waals surface area contributed by atoms with Crippen molar-refractivity contribution in [3.8, 4) is 0 Å². The first-order chi connectivity index (χ1) is 24.9. The van der Waals surface area contributed by atoms with Gasteiger partial charge in [-0.15, -0.1) is 0 Å². The fraction of sp³-hybridized carbons (Fsp3) is 0.810. The lowest BCUT2D eigenvalue weighted by molar-refractivity contribution is -0.870. The first-order valence-corrected chi connectivity index (χ1v) is 22.3. The molecule has 3 N–H and O–H groups in total. The number of allylic oxidation sites excluding steroid dienone is 5. The van der Waals surface area contributed by atoms with Crippen molar-refractivity contribution in [3.05, 3.63) is 36.5 Å². The highest BCUT2D eigenvalue weighted by molar-refractivity contribution is 7.47. The van der Waals surface area contributed by atoms with Crippen molar-refractivity contribution in [2.75, 3.05) is 40.9 Å². The summed E-state index contributed by atoms with van der Waals surface area (Å²) >= 11 is 0. The molecule has 0 bridgehead atoms. The van der Waals surface area contributed by atoms with Gasteiger partial charge >= 0.3 is 7.82 Å². The third-order valence-corrected chi connectivity index (χ3v) is 10.1. The van der Waals surface area contributed by atoms with E-state index in [4.69, 9.17) is 9.05 Å². The first kappa shape index (κ1) is 50.4. The Hall–Kier alpha value is -1.61. The van der Waals surface area contributed by atoms with Crippen molar-refractivity contribution in [2.24, 2.45) is 0 Å². The highest BCUT2D eigenvalue weighted by Crippen LogP contribution is 2.43. The largest absolute Gasteiger partial charge is 0.472 e. The molecule has 0 aliphatic heterocycles. The summed E-state index contributed by atoms with van der Waals surface area (Å²) in [7, 11) is 1.51. The number of quaternary nitrogens is 1. The van der Waals surface area contributed by atoms with Gasteiger partial charge in [0, 0.05) is 12.8 Å². The number of carbonyl (C=O) groups excluding carboxylic acids is 2. The molecule has 1 amide bonds. The molecule has 0 aliphatic carbocycles. The van der Waals surface area contributed by atoms with E-state index in [-0.39, 0.29) is 24.9 Å². The summed E-state index contributed by atoms with van der Waals surface area (Å²) in [6, 6.07) is -0.874. The zero-order chi connectivity index (χ0) is 38.8. The number of phosphoric ester groups is 1. The second kappa shape index (κ2) is 33.9. The van der Waals surface area contributed by atoms with Gasteiger partial charge in [-0.2, -0.15) is 0 Å². The van der Waals surface area contributed by atoms with E-state index in [1.54, 1.807) is 12.2 Å². The fourth-order valence-corrected chi connectivity index (χ4v) is 6.40. The van der Waals surface area contributed by atoms with Gasteiger partial charge in [0.05, 0.1) is 39.9 Å². The Morgan fingerprint density at radius 1 is 0.692 bits per heavy atom. The van der Waals surface area contributed by atoms with E-state index < -0.39 is 20.0 Å². The maximum atomic E-state index is 12.8. The number of amides is 1. The number of carbonyl (C=O) groups is 2. The molecule has 0 fully saturated rings. The summed E-state index contributed by atoms with van der Waals surface area (Å²) in [6.45, 7) is 4.61. The standard InChI is InChI=1S/C42H79N2O7P/c1-6-8-10-11-12-13-14-15-16-17-20-23-26-30-34-41(46)40(38-51-52(48,49)50-37-36-44(3,4)5)43-42(47)35-31-27-24-21-18-19-22-25-29-33-39(45)32-28-9-7-2/h22,25,29-30,33-34,40-41,46H,6-21,23-24,26-28,31-32,35-38H2,1-5H3,(H-,43,47,48,49)/p+1/b25-22-,33-29+,34-30+/t40-,41+/m0/s1.